The molecule has 0 bridgehead atoms. The van der Waals surface area contributed by atoms with Crippen molar-refractivity contribution in [3.8, 4) is 0 Å². The van der Waals surface area contributed by atoms with E-state index in [0.717, 1.165) is 5.56 Å². The van der Waals surface area contributed by atoms with Gasteiger partial charge in [0.1, 0.15) is 0 Å². The number of aromatic nitrogens is 1. The first-order valence-electron chi connectivity index (χ1n) is 5.95. The Morgan fingerprint density at radius 2 is 2.44 bits per heavy atom. The topological polar surface area (TPSA) is 59.5 Å². The molecule has 1 saturated heterocycles. The number of hydrogen-bond donors (Lipinski definition) is 0. The summed E-state index contributed by atoms with van der Waals surface area (Å²) in [6.07, 6.45) is 4.41. The minimum Gasteiger partial charge on any atom is -0.469 e. The minimum atomic E-state index is -0.237. The lowest BCUT2D eigenvalue weighted by Crippen LogP contribution is -2.42. The van der Waals surface area contributed by atoms with Crippen molar-refractivity contribution in [3.05, 3.63) is 30.1 Å². The van der Waals surface area contributed by atoms with Crippen molar-refractivity contribution in [1.82, 2.24) is 9.88 Å². The van der Waals surface area contributed by atoms with E-state index in [-0.39, 0.29) is 17.8 Å². The molecule has 1 aromatic rings. The van der Waals surface area contributed by atoms with E-state index in [4.69, 9.17) is 4.74 Å². The molecule has 5 nitrogen and oxygen atoms in total. The lowest BCUT2D eigenvalue weighted by atomic mass is 9.97. The molecule has 0 spiro atoms. The Labute approximate surface area is 106 Å². The average Bonchev–Trinajstić information content (AvgIpc) is 2.41. The van der Waals surface area contributed by atoms with Gasteiger partial charge in [0.25, 0.3) is 0 Å². The summed E-state index contributed by atoms with van der Waals surface area (Å²) in [5, 5.41) is 0. The number of hydrogen-bond acceptors (Lipinski definition) is 4. The molecule has 1 aliphatic heterocycles. The van der Waals surface area contributed by atoms with Crippen LogP contribution in [0.1, 0.15) is 18.4 Å². The van der Waals surface area contributed by atoms with E-state index in [1.54, 1.807) is 17.3 Å². The summed E-state index contributed by atoms with van der Waals surface area (Å²) < 4.78 is 4.73. The van der Waals surface area contributed by atoms with Crippen LogP contribution >= 0.6 is 0 Å². The minimum absolute atomic E-state index is 0.0824. The molecule has 1 aliphatic rings. The lowest BCUT2D eigenvalue weighted by Gasteiger charge is -2.31. The quantitative estimate of drug-likeness (QED) is 0.748. The predicted octanol–water partition coefficient (Wildman–Crippen LogP) is 0.993. The van der Waals surface area contributed by atoms with Crippen molar-refractivity contribution in [3.63, 3.8) is 0 Å². The van der Waals surface area contributed by atoms with Gasteiger partial charge in [0.15, 0.2) is 0 Å². The van der Waals surface area contributed by atoms with E-state index < -0.39 is 0 Å². The third-order valence-corrected chi connectivity index (χ3v) is 3.13. The van der Waals surface area contributed by atoms with Gasteiger partial charge in [-0.1, -0.05) is 6.07 Å². The molecule has 0 radical (unpaired) electrons. The first kappa shape index (κ1) is 12.5. The van der Waals surface area contributed by atoms with Crippen LogP contribution in [0.5, 0.6) is 0 Å². The molecule has 1 fully saturated rings. The second-order valence-electron chi connectivity index (χ2n) is 4.39. The number of nitrogens with zero attached hydrogens (tertiary/aromatic N) is 2. The van der Waals surface area contributed by atoms with Gasteiger partial charge in [-0.25, -0.2) is 0 Å². The molecule has 0 aromatic carbocycles. The standard InChI is InChI=1S/C13H16N2O3/c1-18-13(17)11-4-5-12(16)15(9-11)8-10-3-2-6-14-7-10/h2-3,6-7,11H,4-5,8-9H2,1H3/t11-/m0/s1. The zero-order chi connectivity index (χ0) is 13.0. The van der Waals surface area contributed by atoms with E-state index in [0.29, 0.717) is 25.9 Å². The molecule has 1 atom stereocenters. The van der Waals surface area contributed by atoms with Crippen molar-refractivity contribution in [2.24, 2.45) is 5.92 Å². The van der Waals surface area contributed by atoms with E-state index in [2.05, 4.69) is 4.98 Å². The number of esters is 1. The molecular formula is C13H16N2O3. The SMILES string of the molecule is COC(=O)[C@H]1CCC(=O)N(Cc2cccnc2)C1. The lowest BCUT2D eigenvalue weighted by molar-refractivity contribution is -0.150. The molecule has 2 heterocycles. The monoisotopic (exact) mass is 248 g/mol. The number of carbonyl (C=O) groups is 2. The fourth-order valence-corrected chi connectivity index (χ4v) is 2.14. The van der Waals surface area contributed by atoms with Gasteiger partial charge in [-0.3, -0.25) is 14.6 Å². The van der Waals surface area contributed by atoms with Crippen LogP contribution in [0.25, 0.3) is 0 Å². The maximum absolute atomic E-state index is 11.8. The van der Waals surface area contributed by atoms with Gasteiger partial charge in [-0.2, -0.15) is 0 Å². The predicted molar refractivity (Wildman–Crippen MR) is 64.4 cm³/mol. The smallest absolute Gasteiger partial charge is 0.310 e. The summed E-state index contributed by atoms with van der Waals surface area (Å²) in [5.74, 6) is -0.359. The van der Waals surface area contributed by atoms with Crippen molar-refractivity contribution in [1.29, 1.82) is 0 Å². The van der Waals surface area contributed by atoms with E-state index in [1.807, 2.05) is 12.1 Å². The molecule has 0 saturated carbocycles. The van der Waals surface area contributed by atoms with Crippen LogP contribution in [-0.2, 0) is 20.9 Å². The zero-order valence-corrected chi connectivity index (χ0v) is 10.3. The number of methoxy groups -OCH3 is 1. The van der Waals surface area contributed by atoms with Crippen molar-refractivity contribution >= 4 is 11.9 Å². The maximum atomic E-state index is 11.8. The van der Waals surface area contributed by atoms with Crippen LogP contribution in [-0.4, -0.2) is 35.4 Å². The number of pyridine rings is 1. The van der Waals surface area contributed by atoms with Gasteiger partial charge in [-0.05, 0) is 18.1 Å². The summed E-state index contributed by atoms with van der Waals surface area (Å²) in [6.45, 7) is 0.931. The van der Waals surface area contributed by atoms with Crippen molar-refractivity contribution in [2.45, 2.75) is 19.4 Å². The number of rotatable bonds is 3. The summed E-state index contributed by atoms with van der Waals surface area (Å²) in [4.78, 5) is 29.0. The highest BCUT2D eigenvalue weighted by molar-refractivity contribution is 5.81. The Bertz CT molecular complexity index is 433. The third kappa shape index (κ3) is 2.85. The van der Waals surface area contributed by atoms with Crippen LogP contribution in [0, 0.1) is 5.92 Å². The van der Waals surface area contributed by atoms with Gasteiger partial charge >= 0.3 is 5.97 Å². The molecule has 5 heteroatoms. The van der Waals surface area contributed by atoms with Gasteiger partial charge in [0.05, 0.1) is 13.0 Å². The molecule has 0 unspecified atom stereocenters. The van der Waals surface area contributed by atoms with Crippen molar-refractivity contribution in [2.75, 3.05) is 13.7 Å². The van der Waals surface area contributed by atoms with Gasteiger partial charge in [-0.15, -0.1) is 0 Å². The highest BCUT2D eigenvalue weighted by atomic mass is 16.5. The Morgan fingerprint density at radius 3 is 3.11 bits per heavy atom. The Balaban J connectivity index is 2.02. The summed E-state index contributed by atoms with van der Waals surface area (Å²) in [6, 6.07) is 3.75. The fraction of sp³-hybridized carbons (Fsp3) is 0.462. The largest absolute Gasteiger partial charge is 0.469 e. The van der Waals surface area contributed by atoms with Crippen LogP contribution < -0.4 is 0 Å². The van der Waals surface area contributed by atoms with Crippen LogP contribution in [0.15, 0.2) is 24.5 Å². The van der Waals surface area contributed by atoms with Crippen LogP contribution in [0.3, 0.4) is 0 Å². The van der Waals surface area contributed by atoms with Crippen molar-refractivity contribution < 1.29 is 14.3 Å². The molecule has 96 valence electrons. The van der Waals surface area contributed by atoms with Crippen LogP contribution in [0.2, 0.25) is 0 Å². The molecular weight excluding hydrogens is 232 g/mol. The molecule has 18 heavy (non-hydrogen) atoms. The second-order valence-corrected chi connectivity index (χ2v) is 4.39. The third-order valence-electron chi connectivity index (χ3n) is 3.13. The fourth-order valence-electron chi connectivity index (χ4n) is 2.14. The highest BCUT2D eigenvalue weighted by Crippen LogP contribution is 2.20. The first-order chi connectivity index (χ1) is 8.70. The maximum Gasteiger partial charge on any atom is 0.310 e. The second kappa shape index (κ2) is 5.62. The number of ether oxygens (including phenoxy) is 1. The molecule has 1 amide bonds. The Morgan fingerprint density at radius 1 is 1.61 bits per heavy atom. The Kier molecular flexibility index (Phi) is 3.92. The normalized spacial score (nSPS) is 19.7. The first-order valence-corrected chi connectivity index (χ1v) is 5.95. The van der Waals surface area contributed by atoms with Gasteiger partial charge in [0.2, 0.25) is 5.91 Å². The number of likely N-dealkylation sites (tertiary alicyclic amines) is 1. The summed E-state index contributed by atoms with van der Waals surface area (Å²) in [7, 11) is 1.38. The van der Waals surface area contributed by atoms with E-state index in [9.17, 15) is 9.59 Å². The van der Waals surface area contributed by atoms with Gasteiger partial charge in [0, 0.05) is 31.9 Å². The average molecular weight is 248 g/mol. The molecule has 1 aromatic heterocycles. The van der Waals surface area contributed by atoms with Gasteiger partial charge < -0.3 is 9.64 Å². The highest BCUT2D eigenvalue weighted by Gasteiger charge is 2.30. The van der Waals surface area contributed by atoms with E-state index in [1.165, 1.54) is 7.11 Å². The van der Waals surface area contributed by atoms with Crippen LogP contribution in [0.4, 0.5) is 0 Å². The Hall–Kier alpha value is -1.91. The number of carbonyl (C=O) groups excluding carboxylic acids is 2. The van der Waals surface area contributed by atoms with E-state index >= 15 is 0 Å². The zero-order valence-electron chi connectivity index (χ0n) is 10.3. The molecule has 0 N–H and O–H groups in total. The number of piperidine rings is 1. The summed E-state index contributed by atoms with van der Waals surface area (Å²) >= 11 is 0. The molecule has 0 aliphatic carbocycles. The molecule has 2 rings (SSSR count). The number of amides is 1. The summed E-state index contributed by atoms with van der Waals surface area (Å²) in [5.41, 5.74) is 0.969.